The van der Waals surface area contributed by atoms with Gasteiger partial charge in [0.05, 0.1) is 27.7 Å². The van der Waals surface area contributed by atoms with E-state index in [9.17, 15) is 26.3 Å². The number of hydrogen-bond donors (Lipinski definition) is 2. The molecule has 0 bridgehead atoms. The Hall–Kier alpha value is -6.74. The standard InChI is InChI=1S/C43H22F18N2O2/c44-38(45,46)27-17-21(62)9-11-33(27)64-35-29(40(50,51)52)13-19(14-30(35)41(53,54)55)37(25-7-3-1-5-23(25)24-6-2-4-8-26(24)37)20-15-31(42(56,57)58)36(32(16-20)43(59,60)61)65-34-12-10-22(63)18-28(34)39(47,48)49/h1-18H,62-63H2. The number of nitrogen functional groups attached to an aromatic ring is 2. The van der Waals surface area contributed by atoms with Gasteiger partial charge in [0, 0.05) is 11.4 Å². The maximum absolute atomic E-state index is 15.3. The van der Waals surface area contributed by atoms with Crippen molar-refractivity contribution in [3.8, 4) is 34.1 Å². The largest absolute Gasteiger partial charge is 0.455 e. The predicted octanol–water partition coefficient (Wildman–Crippen LogP) is 14.9. The van der Waals surface area contributed by atoms with Gasteiger partial charge >= 0.3 is 37.1 Å². The summed E-state index contributed by atoms with van der Waals surface area (Å²) in [6.45, 7) is 0. The fourth-order valence-electron chi connectivity index (χ4n) is 7.71. The lowest BCUT2D eigenvalue weighted by molar-refractivity contribution is -0.147. The lowest BCUT2D eigenvalue weighted by atomic mass is 9.66. The summed E-state index contributed by atoms with van der Waals surface area (Å²) < 4.78 is 277. The summed E-state index contributed by atoms with van der Waals surface area (Å²) in [6.07, 6.45) is -35.1. The Kier molecular flexibility index (Phi) is 10.8. The van der Waals surface area contributed by atoms with Gasteiger partial charge in [0.15, 0.2) is 11.5 Å². The lowest BCUT2D eigenvalue weighted by Crippen LogP contribution is -2.31. The van der Waals surface area contributed by atoms with Crippen molar-refractivity contribution in [2.75, 3.05) is 11.5 Å². The first-order chi connectivity index (χ1) is 29.8. The molecule has 4 N–H and O–H groups in total. The first kappa shape index (κ1) is 46.3. The molecule has 342 valence electrons. The summed E-state index contributed by atoms with van der Waals surface area (Å²) in [5.74, 6) is -7.81. The zero-order valence-electron chi connectivity index (χ0n) is 31.7. The third-order valence-corrected chi connectivity index (χ3v) is 10.3. The monoisotopic (exact) mass is 940 g/mol. The van der Waals surface area contributed by atoms with Gasteiger partial charge in [0.25, 0.3) is 0 Å². The maximum atomic E-state index is 15.3. The van der Waals surface area contributed by atoms with E-state index in [1.54, 1.807) is 0 Å². The molecule has 4 nitrogen and oxygen atoms in total. The van der Waals surface area contributed by atoms with Crippen LogP contribution in [0.25, 0.3) is 11.1 Å². The van der Waals surface area contributed by atoms with Crippen molar-refractivity contribution in [3.05, 3.63) is 165 Å². The predicted molar refractivity (Wildman–Crippen MR) is 196 cm³/mol. The summed E-state index contributed by atoms with van der Waals surface area (Å²) in [5, 5.41) is 0. The molecule has 6 aromatic carbocycles. The summed E-state index contributed by atoms with van der Waals surface area (Å²) in [5.41, 5.74) is -11.3. The second-order valence-electron chi connectivity index (χ2n) is 14.3. The van der Waals surface area contributed by atoms with Gasteiger partial charge in [-0.05, 0) is 94.0 Å². The summed E-state index contributed by atoms with van der Waals surface area (Å²) in [6, 6.07) is 10.9. The van der Waals surface area contributed by atoms with E-state index in [2.05, 4.69) is 0 Å². The van der Waals surface area contributed by atoms with Crippen LogP contribution >= 0.6 is 0 Å². The van der Waals surface area contributed by atoms with Crippen molar-refractivity contribution in [2.24, 2.45) is 0 Å². The van der Waals surface area contributed by atoms with E-state index in [4.69, 9.17) is 20.9 Å². The normalized spacial score (nSPS) is 14.2. The number of anilines is 2. The molecular weight excluding hydrogens is 918 g/mol. The van der Waals surface area contributed by atoms with Crippen LogP contribution < -0.4 is 20.9 Å². The molecule has 0 aromatic heterocycles. The minimum absolute atomic E-state index is 0.122. The molecule has 7 rings (SSSR count). The second kappa shape index (κ2) is 15.2. The van der Waals surface area contributed by atoms with E-state index >= 15 is 52.7 Å². The molecule has 0 saturated heterocycles. The van der Waals surface area contributed by atoms with E-state index in [1.807, 2.05) is 0 Å². The molecule has 0 aliphatic heterocycles. The molecule has 65 heavy (non-hydrogen) atoms. The van der Waals surface area contributed by atoms with Gasteiger partial charge in [-0.1, -0.05) is 48.5 Å². The van der Waals surface area contributed by atoms with Gasteiger partial charge in [0.1, 0.15) is 22.6 Å². The van der Waals surface area contributed by atoms with Crippen molar-refractivity contribution in [2.45, 2.75) is 42.5 Å². The van der Waals surface area contributed by atoms with E-state index in [1.165, 1.54) is 24.3 Å². The van der Waals surface area contributed by atoms with E-state index in [-0.39, 0.29) is 47.5 Å². The number of ether oxygens (including phenoxy) is 2. The zero-order valence-corrected chi connectivity index (χ0v) is 31.7. The molecule has 0 saturated carbocycles. The number of alkyl halides is 18. The van der Waals surface area contributed by atoms with Crippen LogP contribution in [-0.2, 0) is 42.5 Å². The van der Waals surface area contributed by atoms with Crippen LogP contribution in [0.15, 0.2) is 109 Å². The van der Waals surface area contributed by atoms with Crippen LogP contribution in [0, 0.1) is 0 Å². The first-order valence-electron chi connectivity index (χ1n) is 18.0. The molecule has 0 heterocycles. The molecule has 0 radical (unpaired) electrons. The number of nitrogens with two attached hydrogens (primary N) is 2. The highest BCUT2D eigenvalue weighted by Gasteiger charge is 2.53. The maximum Gasteiger partial charge on any atom is 0.420 e. The number of benzene rings is 6. The average molecular weight is 941 g/mol. The fraction of sp³-hybridized carbons (Fsp3) is 0.163. The van der Waals surface area contributed by atoms with Gasteiger partial charge in [-0.15, -0.1) is 0 Å². The number of halogens is 18. The highest BCUT2D eigenvalue weighted by Crippen LogP contribution is 2.61. The average Bonchev–Trinajstić information content (AvgIpc) is 3.48. The van der Waals surface area contributed by atoms with Gasteiger partial charge < -0.3 is 20.9 Å². The van der Waals surface area contributed by atoms with Crippen molar-refractivity contribution in [1.29, 1.82) is 0 Å². The Morgan fingerprint density at radius 2 is 0.615 bits per heavy atom. The minimum atomic E-state index is -6.03. The van der Waals surface area contributed by atoms with E-state index in [0.29, 0.717) is 24.3 Å². The molecular formula is C43H22F18N2O2. The molecule has 0 fully saturated rings. The Labute approximate surface area is 352 Å². The molecule has 0 unspecified atom stereocenters. The van der Waals surface area contributed by atoms with Crippen molar-refractivity contribution in [3.63, 3.8) is 0 Å². The van der Waals surface area contributed by atoms with Crippen LogP contribution in [-0.4, -0.2) is 0 Å². The number of rotatable bonds is 6. The highest BCUT2D eigenvalue weighted by atomic mass is 19.4. The topological polar surface area (TPSA) is 70.5 Å². The fourth-order valence-corrected chi connectivity index (χ4v) is 7.71. The molecule has 0 atom stereocenters. The molecule has 6 aromatic rings. The Morgan fingerprint density at radius 3 is 0.892 bits per heavy atom. The van der Waals surface area contributed by atoms with Crippen molar-refractivity contribution >= 4 is 11.4 Å². The third kappa shape index (κ3) is 8.29. The van der Waals surface area contributed by atoms with Crippen molar-refractivity contribution < 1.29 is 88.5 Å². The van der Waals surface area contributed by atoms with Gasteiger partial charge in [-0.3, -0.25) is 0 Å². The van der Waals surface area contributed by atoms with Gasteiger partial charge in [-0.2, -0.15) is 79.0 Å². The van der Waals surface area contributed by atoms with Gasteiger partial charge in [-0.25, -0.2) is 0 Å². The molecule has 1 aliphatic carbocycles. The zero-order chi connectivity index (χ0) is 48.0. The van der Waals surface area contributed by atoms with Crippen LogP contribution in [0.3, 0.4) is 0 Å². The highest BCUT2D eigenvalue weighted by molar-refractivity contribution is 5.87. The molecule has 0 spiro atoms. The molecule has 0 amide bonds. The Balaban J connectivity index is 1.65. The van der Waals surface area contributed by atoms with Gasteiger partial charge in [0.2, 0.25) is 0 Å². The smallest absolute Gasteiger partial charge is 0.420 e. The molecule has 1 aliphatic rings. The Bertz CT molecular complexity index is 2570. The van der Waals surface area contributed by atoms with Crippen LogP contribution in [0.1, 0.15) is 55.6 Å². The second-order valence-corrected chi connectivity index (χ2v) is 14.3. The third-order valence-electron chi connectivity index (χ3n) is 10.3. The summed E-state index contributed by atoms with van der Waals surface area (Å²) >= 11 is 0. The first-order valence-corrected chi connectivity index (χ1v) is 18.0. The number of hydrogen-bond acceptors (Lipinski definition) is 4. The van der Waals surface area contributed by atoms with Crippen LogP contribution in [0.2, 0.25) is 0 Å². The summed E-state index contributed by atoms with van der Waals surface area (Å²) in [7, 11) is 0. The van der Waals surface area contributed by atoms with Crippen molar-refractivity contribution in [1.82, 2.24) is 0 Å². The minimum Gasteiger partial charge on any atom is -0.455 e. The number of fused-ring (bicyclic) bond motifs is 3. The van der Waals surface area contributed by atoms with E-state index < -0.39 is 132 Å². The van der Waals surface area contributed by atoms with Crippen LogP contribution in [0.4, 0.5) is 90.4 Å². The SMILES string of the molecule is Nc1ccc(Oc2c(C(F)(F)F)cc(C3(c4cc(C(F)(F)F)c(Oc5ccc(N)cc5C(F)(F)F)c(C(F)(F)F)c4)c4ccccc4-c4ccccc43)cc2C(F)(F)F)c(C(F)(F)F)c1. The Morgan fingerprint density at radius 1 is 0.338 bits per heavy atom. The van der Waals surface area contributed by atoms with Crippen LogP contribution in [0.5, 0.6) is 23.0 Å². The molecule has 22 heteroatoms. The summed E-state index contributed by atoms with van der Waals surface area (Å²) in [4.78, 5) is 0. The lowest BCUT2D eigenvalue weighted by Gasteiger charge is -2.36. The quantitative estimate of drug-likeness (QED) is 0.129. The van der Waals surface area contributed by atoms with E-state index in [0.717, 1.165) is 24.3 Å².